The molecule has 0 spiro atoms. The van der Waals surface area contributed by atoms with Gasteiger partial charge >= 0.3 is 12.6 Å². The van der Waals surface area contributed by atoms with Crippen LogP contribution in [-0.4, -0.2) is 31.7 Å². The Labute approximate surface area is 161 Å². The van der Waals surface area contributed by atoms with E-state index in [1.165, 1.54) is 24.3 Å². The molecule has 8 heteroatoms. The first kappa shape index (κ1) is 21.1. The van der Waals surface area contributed by atoms with Gasteiger partial charge in [-0.05, 0) is 55.3 Å². The number of carbonyl (C=O) groups is 2. The lowest BCUT2D eigenvalue weighted by Gasteiger charge is -2.10. The second-order valence-corrected chi connectivity index (χ2v) is 5.98. The summed E-state index contributed by atoms with van der Waals surface area (Å²) in [5, 5.41) is 2.48. The highest BCUT2D eigenvalue weighted by Gasteiger charge is 2.10. The number of nitrogens with one attached hydrogen (secondary N) is 1. The van der Waals surface area contributed by atoms with Crippen molar-refractivity contribution >= 4 is 17.6 Å². The molecule has 0 radical (unpaired) electrons. The molecule has 0 heterocycles. The van der Waals surface area contributed by atoms with Crippen molar-refractivity contribution in [3.63, 3.8) is 0 Å². The summed E-state index contributed by atoms with van der Waals surface area (Å²) in [7, 11) is 0. The second-order valence-electron chi connectivity index (χ2n) is 5.98. The number of alkyl halides is 2. The fraction of sp³-hybridized carbons (Fsp3) is 0.300. The van der Waals surface area contributed by atoms with E-state index in [1.54, 1.807) is 0 Å². The van der Waals surface area contributed by atoms with E-state index in [-0.39, 0.29) is 18.8 Å². The van der Waals surface area contributed by atoms with E-state index in [1.807, 2.05) is 32.0 Å². The van der Waals surface area contributed by atoms with Gasteiger partial charge in [-0.15, -0.1) is 0 Å². The molecule has 0 saturated heterocycles. The monoisotopic (exact) mass is 393 g/mol. The fourth-order valence-corrected chi connectivity index (χ4v) is 2.24. The molecule has 28 heavy (non-hydrogen) atoms. The van der Waals surface area contributed by atoms with Crippen molar-refractivity contribution in [2.24, 2.45) is 0 Å². The quantitative estimate of drug-likeness (QED) is 0.655. The number of amides is 1. The van der Waals surface area contributed by atoms with Gasteiger partial charge in [-0.3, -0.25) is 9.59 Å². The zero-order valence-corrected chi connectivity index (χ0v) is 15.5. The Morgan fingerprint density at radius 1 is 1.07 bits per heavy atom. The average Bonchev–Trinajstić information content (AvgIpc) is 2.64. The molecule has 0 aliphatic carbocycles. The van der Waals surface area contributed by atoms with Crippen LogP contribution in [0.15, 0.2) is 42.5 Å². The molecular formula is C20H21F2NO5. The van der Waals surface area contributed by atoms with E-state index < -0.39 is 25.1 Å². The molecule has 2 rings (SSSR count). The third-order valence-corrected chi connectivity index (χ3v) is 3.63. The number of halogens is 2. The fourth-order valence-electron chi connectivity index (χ4n) is 2.24. The van der Waals surface area contributed by atoms with Crippen molar-refractivity contribution in [3.05, 3.63) is 53.6 Å². The molecule has 2 aromatic rings. The summed E-state index contributed by atoms with van der Waals surface area (Å²) in [4.78, 5) is 23.5. The molecule has 1 amide bonds. The van der Waals surface area contributed by atoms with Gasteiger partial charge in [0.25, 0.3) is 5.91 Å². The molecule has 0 aliphatic heterocycles. The largest absolute Gasteiger partial charge is 0.493 e. The number of ether oxygens (including phenoxy) is 3. The number of anilines is 1. The Morgan fingerprint density at radius 2 is 1.79 bits per heavy atom. The lowest BCUT2D eigenvalue weighted by atomic mass is 10.1. The van der Waals surface area contributed by atoms with Crippen molar-refractivity contribution in [3.8, 4) is 11.5 Å². The first-order chi connectivity index (χ1) is 13.3. The van der Waals surface area contributed by atoms with E-state index >= 15 is 0 Å². The predicted octanol–water partition coefficient (Wildman–Crippen LogP) is 3.86. The van der Waals surface area contributed by atoms with Crippen LogP contribution in [0.5, 0.6) is 11.5 Å². The molecule has 0 bridgehead atoms. The summed E-state index contributed by atoms with van der Waals surface area (Å²) in [6.07, 6.45) is 0.000323. The summed E-state index contributed by atoms with van der Waals surface area (Å²) in [5.74, 6) is -0.444. The maximum Gasteiger partial charge on any atom is 0.387 e. The lowest BCUT2D eigenvalue weighted by Crippen LogP contribution is -2.21. The van der Waals surface area contributed by atoms with Crippen molar-refractivity contribution in [1.29, 1.82) is 0 Å². The summed E-state index contributed by atoms with van der Waals surface area (Å²) < 4.78 is 38.8. The Morgan fingerprint density at radius 3 is 2.46 bits per heavy atom. The maximum absolute atomic E-state index is 12.1. The minimum absolute atomic E-state index is 0.000323. The third kappa shape index (κ3) is 7.22. The number of benzene rings is 2. The normalized spacial score (nSPS) is 10.5. The number of carbonyl (C=O) groups excluding carboxylic acids is 2. The van der Waals surface area contributed by atoms with Gasteiger partial charge in [0.2, 0.25) is 0 Å². The standard InChI is InChI=1S/C20H21F2NO5/c1-13-3-4-14(2)17(11-13)26-10-9-19(25)27-12-18(24)23-15-5-7-16(8-6-15)28-20(21)22/h3-8,11,20H,9-10,12H2,1-2H3,(H,23,24). The van der Waals surface area contributed by atoms with Crippen LogP contribution in [0.4, 0.5) is 14.5 Å². The van der Waals surface area contributed by atoms with Crippen LogP contribution in [0.1, 0.15) is 17.5 Å². The van der Waals surface area contributed by atoms with Crippen molar-refractivity contribution in [1.82, 2.24) is 0 Å². The molecule has 0 aromatic heterocycles. The molecule has 150 valence electrons. The highest BCUT2D eigenvalue weighted by Crippen LogP contribution is 2.19. The van der Waals surface area contributed by atoms with Gasteiger partial charge in [-0.25, -0.2) is 0 Å². The molecule has 0 saturated carbocycles. The summed E-state index contributed by atoms with van der Waals surface area (Å²) >= 11 is 0. The first-order valence-electron chi connectivity index (χ1n) is 8.54. The predicted molar refractivity (Wildman–Crippen MR) is 98.7 cm³/mol. The zero-order valence-electron chi connectivity index (χ0n) is 15.5. The number of hydrogen-bond donors (Lipinski definition) is 1. The van der Waals surface area contributed by atoms with Crippen LogP contribution in [0.3, 0.4) is 0 Å². The number of esters is 1. The Bertz CT molecular complexity index is 809. The molecule has 0 unspecified atom stereocenters. The van der Waals surface area contributed by atoms with Gasteiger partial charge in [0.05, 0.1) is 13.0 Å². The van der Waals surface area contributed by atoms with Crippen LogP contribution in [0.2, 0.25) is 0 Å². The zero-order chi connectivity index (χ0) is 20.5. The Balaban J connectivity index is 1.69. The van der Waals surface area contributed by atoms with Crippen LogP contribution < -0.4 is 14.8 Å². The molecule has 2 aromatic carbocycles. The van der Waals surface area contributed by atoms with Crippen molar-refractivity contribution in [2.75, 3.05) is 18.5 Å². The number of hydrogen-bond acceptors (Lipinski definition) is 5. The molecule has 0 fully saturated rings. The van der Waals surface area contributed by atoms with Gasteiger partial charge in [0.1, 0.15) is 11.5 Å². The summed E-state index contributed by atoms with van der Waals surface area (Å²) in [6.45, 7) is 0.606. The van der Waals surface area contributed by atoms with Gasteiger partial charge in [0, 0.05) is 5.69 Å². The van der Waals surface area contributed by atoms with E-state index in [0.717, 1.165) is 11.1 Å². The van der Waals surface area contributed by atoms with E-state index in [4.69, 9.17) is 9.47 Å². The van der Waals surface area contributed by atoms with E-state index in [9.17, 15) is 18.4 Å². The van der Waals surface area contributed by atoms with E-state index in [0.29, 0.717) is 11.4 Å². The Kier molecular flexibility index (Phi) is 7.74. The van der Waals surface area contributed by atoms with Crippen LogP contribution in [0.25, 0.3) is 0 Å². The topological polar surface area (TPSA) is 73.9 Å². The smallest absolute Gasteiger partial charge is 0.387 e. The molecular weight excluding hydrogens is 372 g/mol. The van der Waals surface area contributed by atoms with Gasteiger partial charge < -0.3 is 19.5 Å². The Hall–Kier alpha value is -3.16. The molecule has 6 nitrogen and oxygen atoms in total. The van der Waals surface area contributed by atoms with Gasteiger partial charge in [-0.1, -0.05) is 12.1 Å². The van der Waals surface area contributed by atoms with E-state index in [2.05, 4.69) is 10.1 Å². The molecule has 0 atom stereocenters. The number of aryl methyl sites for hydroxylation is 2. The minimum atomic E-state index is -2.92. The first-order valence-corrected chi connectivity index (χ1v) is 8.54. The highest BCUT2D eigenvalue weighted by molar-refractivity contribution is 5.92. The number of rotatable bonds is 9. The summed E-state index contributed by atoms with van der Waals surface area (Å²) in [5.41, 5.74) is 2.37. The maximum atomic E-state index is 12.1. The minimum Gasteiger partial charge on any atom is -0.493 e. The van der Waals surface area contributed by atoms with Crippen molar-refractivity contribution < 1.29 is 32.6 Å². The summed E-state index contributed by atoms with van der Waals surface area (Å²) in [6, 6.07) is 11.2. The molecule has 1 N–H and O–H groups in total. The van der Waals surface area contributed by atoms with Crippen molar-refractivity contribution in [2.45, 2.75) is 26.9 Å². The second kappa shape index (κ2) is 10.2. The SMILES string of the molecule is Cc1ccc(C)c(OCCC(=O)OCC(=O)Nc2ccc(OC(F)F)cc2)c1. The van der Waals surface area contributed by atoms with Gasteiger partial charge in [-0.2, -0.15) is 8.78 Å². The third-order valence-electron chi connectivity index (χ3n) is 3.63. The van der Waals surface area contributed by atoms with Gasteiger partial charge in [0.15, 0.2) is 6.61 Å². The van der Waals surface area contributed by atoms with Crippen LogP contribution in [0, 0.1) is 13.8 Å². The molecule has 0 aliphatic rings. The van der Waals surface area contributed by atoms with Crippen LogP contribution in [-0.2, 0) is 14.3 Å². The average molecular weight is 393 g/mol. The lowest BCUT2D eigenvalue weighted by molar-refractivity contribution is -0.147. The highest BCUT2D eigenvalue weighted by atomic mass is 19.3. The van der Waals surface area contributed by atoms with Crippen LogP contribution >= 0.6 is 0 Å².